The maximum absolute atomic E-state index is 13.3. The van der Waals surface area contributed by atoms with Crippen LogP contribution in [0.1, 0.15) is 11.1 Å². The molecule has 3 nitrogen and oxygen atoms in total. The fourth-order valence-corrected chi connectivity index (χ4v) is 1.22. The van der Waals surface area contributed by atoms with Crippen molar-refractivity contribution in [2.45, 2.75) is 6.54 Å². The number of nitriles is 1. The zero-order valence-electron chi connectivity index (χ0n) is 8.89. The summed E-state index contributed by atoms with van der Waals surface area (Å²) in [6.45, 7) is 1.06. The Morgan fingerprint density at radius 1 is 1.38 bits per heavy atom. The molecular formula is C11H12F2N2O. The van der Waals surface area contributed by atoms with Gasteiger partial charge in [-0.05, 0) is 12.1 Å². The van der Waals surface area contributed by atoms with Crippen molar-refractivity contribution < 1.29 is 13.5 Å². The van der Waals surface area contributed by atoms with Gasteiger partial charge < -0.3 is 10.1 Å². The average Bonchev–Trinajstić information content (AvgIpc) is 2.26. The van der Waals surface area contributed by atoms with Crippen LogP contribution in [-0.2, 0) is 11.3 Å². The van der Waals surface area contributed by atoms with Crippen molar-refractivity contribution in [1.29, 1.82) is 5.26 Å². The summed E-state index contributed by atoms with van der Waals surface area (Å²) in [5.41, 5.74) is -0.0780. The Hall–Kier alpha value is -1.51. The third-order valence-corrected chi connectivity index (χ3v) is 2.05. The van der Waals surface area contributed by atoms with Crippen LogP contribution in [0.2, 0.25) is 0 Å². The van der Waals surface area contributed by atoms with Crippen molar-refractivity contribution in [2.75, 3.05) is 20.3 Å². The number of ether oxygens (including phenoxy) is 1. The third kappa shape index (κ3) is 3.26. The number of nitrogens with one attached hydrogen (secondary N) is 1. The van der Waals surface area contributed by atoms with Crippen molar-refractivity contribution in [3.8, 4) is 6.07 Å². The molecule has 0 aliphatic heterocycles. The maximum Gasteiger partial charge on any atom is 0.131 e. The van der Waals surface area contributed by atoms with E-state index in [2.05, 4.69) is 5.32 Å². The zero-order valence-corrected chi connectivity index (χ0v) is 8.89. The van der Waals surface area contributed by atoms with Crippen LogP contribution in [0, 0.1) is 23.0 Å². The van der Waals surface area contributed by atoms with E-state index in [1.165, 1.54) is 0 Å². The van der Waals surface area contributed by atoms with E-state index in [1.54, 1.807) is 13.2 Å². The largest absolute Gasteiger partial charge is 0.383 e. The number of halogens is 2. The molecule has 0 radical (unpaired) electrons. The first kappa shape index (κ1) is 12.6. The fraction of sp³-hybridized carbons (Fsp3) is 0.364. The van der Waals surface area contributed by atoms with Crippen molar-refractivity contribution in [1.82, 2.24) is 5.32 Å². The van der Waals surface area contributed by atoms with Crippen LogP contribution >= 0.6 is 0 Å². The predicted octanol–water partition coefficient (Wildman–Crippen LogP) is 1.57. The summed E-state index contributed by atoms with van der Waals surface area (Å²) in [5, 5.41) is 11.3. The Labute approximate surface area is 92.6 Å². The van der Waals surface area contributed by atoms with Gasteiger partial charge in [-0.15, -0.1) is 0 Å². The first-order valence-electron chi connectivity index (χ1n) is 4.76. The lowest BCUT2D eigenvalue weighted by atomic mass is 10.1. The molecule has 0 aromatic heterocycles. The molecule has 1 rings (SSSR count). The molecule has 5 heteroatoms. The van der Waals surface area contributed by atoms with E-state index < -0.39 is 11.6 Å². The van der Waals surface area contributed by atoms with Crippen molar-refractivity contribution >= 4 is 0 Å². The molecule has 0 saturated carbocycles. The first-order chi connectivity index (χ1) is 7.69. The Morgan fingerprint density at radius 3 is 2.50 bits per heavy atom. The number of methoxy groups -OCH3 is 1. The molecule has 86 valence electrons. The molecule has 0 aliphatic rings. The van der Waals surface area contributed by atoms with E-state index in [4.69, 9.17) is 10.00 Å². The molecule has 16 heavy (non-hydrogen) atoms. The van der Waals surface area contributed by atoms with Gasteiger partial charge in [0.2, 0.25) is 0 Å². The predicted molar refractivity (Wildman–Crippen MR) is 54.7 cm³/mol. The highest BCUT2D eigenvalue weighted by Crippen LogP contribution is 2.14. The summed E-state index contributed by atoms with van der Waals surface area (Å²) < 4.78 is 31.5. The molecule has 0 spiro atoms. The van der Waals surface area contributed by atoms with Gasteiger partial charge in [-0.25, -0.2) is 8.78 Å². The van der Waals surface area contributed by atoms with E-state index in [1.807, 2.05) is 0 Å². The van der Waals surface area contributed by atoms with E-state index in [0.717, 1.165) is 12.1 Å². The number of hydrogen-bond donors (Lipinski definition) is 1. The highest BCUT2D eigenvalue weighted by atomic mass is 19.1. The second-order valence-corrected chi connectivity index (χ2v) is 3.20. The summed E-state index contributed by atoms with van der Waals surface area (Å²) in [4.78, 5) is 0. The van der Waals surface area contributed by atoms with Gasteiger partial charge in [-0.1, -0.05) is 0 Å². The normalized spacial score (nSPS) is 10.1. The Kier molecular flexibility index (Phi) is 4.83. The summed E-state index contributed by atoms with van der Waals surface area (Å²) in [7, 11) is 1.55. The Morgan fingerprint density at radius 2 is 2.00 bits per heavy atom. The molecule has 0 bridgehead atoms. The van der Waals surface area contributed by atoms with E-state index in [9.17, 15) is 8.78 Å². The standard InChI is InChI=1S/C11H12F2N2O/c1-16-3-2-15-7-9-10(12)4-8(6-14)5-11(9)13/h4-5,15H,2-3,7H2,1H3. The van der Waals surface area contributed by atoms with Crippen LogP contribution in [0.4, 0.5) is 8.78 Å². The molecule has 0 unspecified atom stereocenters. The van der Waals surface area contributed by atoms with Gasteiger partial charge in [0.1, 0.15) is 11.6 Å². The second kappa shape index (κ2) is 6.16. The van der Waals surface area contributed by atoms with Gasteiger partial charge in [0.25, 0.3) is 0 Å². The number of nitrogens with zero attached hydrogens (tertiary/aromatic N) is 1. The molecule has 0 aliphatic carbocycles. The molecular weight excluding hydrogens is 214 g/mol. The molecule has 1 aromatic rings. The van der Waals surface area contributed by atoms with Gasteiger partial charge in [0, 0.05) is 25.8 Å². The van der Waals surface area contributed by atoms with Crippen molar-refractivity contribution in [3.05, 3.63) is 34.9 Å². The lowest BCUT2D eigenvalue weighted by Crippen LogP contribution is -2.20. The number of benzene rings is 1. The molecule has 0 atom stereocenters. The van der Waals surface area contributed by atoms with Crippen LogP contribution in [0.3, 0.4) is 0 Å². The van der Waals surface area contributed by atoms with Crippen molar-refractivity contribution in [3.63, 3.8) is 0 Å². The van der Waals surface area contributed by atoms with Crippen LogP contribution in [0.15, 0.2) is 12.1 Å². The van der Waals surface area contributed by atoms with Crippen LogP contribution < -0.4 is 5.32 Å². The lowest BCUT2D eigenvalue weighted by Gasteiger charge is -2.07. The van der Waals surface area contributed by atoms with Crippen LogP contribution in [0.5, 0.6) is 0 Å². The van der Waals surface area contributed by atoms with E-state index >= 15 is 0 Å². The molecule has 1 aromatic carbocycles. The minimum Gasteiger partial charge on any atom is -0.383 e. The molecule has 0 fully saturated rings. The van der Waals surface area contributed by atoms with Crippen LogP contribution in [0.25, 0.3) is 0 Å². The van der Waals surface area contributed by atoms with Gasteiger partial charge in [-0.2, -0.15) is 5.26 Å². The molecule has 0 heterocycles. The smallest absolute Gasteiger partial charge is 0.131 e. The highest BCUT2D eigenvalue weighted by molar-refractivity contribution is 5.34. The Balaban J connectivity index is 2.70. The average molecular weight is 226 g/mol. The maximum atomic E-state index is 13.3. The summed E-state index contributed by atoms with van der Waals surface area (Å²) >= 11 is 0. The van der Waals surface area contributed by atoms with Crippen LogP contribution in [-0.4, -0.2) is 20.3 Å². The monoisotopic (exact) mass is 226 g/mol. The topological polar surface area (TPSA) is 45.0 Å². The van der Waals surface area contributed by atoms with Gasteiger partial charge in [0.15, 0.2) is 0 Å². The quantitative estimate of drug-likeness (QED) is 0.775. The number of rotatable bonds is 5. The SMILES string of the molecule is COCCNCc1c(F)cc(C#N)cc1F. The minimum absolute atomic E-state index is 0.0179. The highest BCUT2D eigenvalue weighted by Gasteiger charge is 2.10. The fourth-order valence-electron chi connectivity index (χ4n) is 1.22. The van der Waals surface area contributed by atoms with Gasteiger partial charge in [-0.3, -0.25) is 0 Å². The minimum atomic E-state index is -0.707. The van der Waals surface area contributed by atoms with E-state index in [-0.39, 0.29) is 17.7 Å². The first-order valence-corrected chi connectivity index (χ1v) is 4.76. The summed E-state index contributed by atoms with van der Waals surface area (Å²) in [6, 6.07) is 3.74. The van der Waals surface area contributed by atoms with Gasteiger partial charge >= 0.3 is 0 Å². The molecule has 0 amide bonds. The third-order valence-electron chi connectivity index (χ3n) is 2.05. The van der Waals surface area contributed by atoms with Gasteiger partial charge in [0.05, 0.1) is 18.2 Å². The van der Waals surface area contributed by atoms with E-state index in [0.29, 0.717) is 13.2 Å². The Bertz CT molecular complexity index is 378. The zero-order chi connectivity index (χ0) is 12.0. The second-order valence-electron chi connectivity index (χ2n) is 3.20. The molecule has 0 saturated heterocycles. The summed E-state index contributed by atoms with van der Waals surface area (Å²) in [6.07, 6.45) is 0. The number of hydrogen-bond acceptors (Lipinski definition) is 3. The summed E-state index contributed by atoms with van der Waals surface area (Å²) in [5.74, 6) is -1.41. The lowest BCUT2D eigenvalue weighted by molar-refractivity contribution is 0.199. The molecule has 1 N–H and O–H groups in total. The van der Waals surface area contributed by atoms with Crippen molar-refractivity contribution in [2.24, 2.45) is 0 Å².